The van der Waals surface area contributed by atoms with Gasteiger partial charge >= 0.3 is 12.1 Å². The molecule has 2 aliphatic rings. The van der Waals surface area contributed by atoms with E-state index in [-0.39, 0.29) is 12.1 Å². The summed E-state index contributed by atoms with van der Waals surface area (Å²) in [5.41, 5.74) is 0. The van der Waals surface area contributed by atoms with Crippen molar-refractivity contribution in [2.24, 2.45) is 0 Å². The Kier molecular flexibility index (Phi) is 4.86. The van der Waals surface area contributed by atoms with Gasteiger partial charge in [-0.25, -0.2) is 14.6 Å². The van der Waals surface area contributed by atoms with Crippen molar-refractivity contribution in [2.75, 3.05) is 57.5 Å². The van der Waals surface area contributed by atoms with Crippen LogP contribution in [0.25, 0.3) is 0 Å². The predicted molar refractivity (Wildman–Crippen MR) is 80.2 cm³/mol. The van der Waals surface area contributed by atoms with Gasteiger partial charge in [0.05, 0.1) is 26.4 Å². The Balaban J connectivity index is 1.80. The largest absolute Gasteiger partial charge is 0.378 e. The van der Waals surface area contributed by atoms with E-state index in [0.29, 0.717) is 57.7 Å². The number of aromatic nitrogens is 1. The average Bonchev–Trinajstić information content (AvgIpc) is 3.10. The lowest BCUT2D eigenvalue weighted by Crippen LogP contribution is -2.55. The van der Waals surface area contributed by atoms with Crippen LogP contribution < -0.4 is 4.90 Å². The fourth-order valence-electron chi connectivity index (χ4n) is 2.36. The van der Waals surface area contributed by atoms with E-state index in [1.165, 1.54) is 16.2 Å². The lowest BCUT2D eigenvalue weighted by Gasteiger charge is -2.34. The Hall–Kier alpha value is -1.71. The Morgan fingerprint density at radius 2 is 1.50 bits per heavy atom. The van der Waals surface area contributed by atoms with Crippen molar-refractivity contribution in [3.63, 3.8) is 0 Å². The highest BCUT2D eigenvalue weighted by molar-refractivity contribution is 7.14. The zero-order chi connectivity index (χ0) is 15.4. The number of hydrogen-bond acceptors (Lipinski definition) is 6. The average molecular weight is 326 g/mol. The monoisotopic (exact) mass is 326 g/mol. The first-order valence-corrected chi connectivity index (χ1v) is 8.08. The Morgan fingerprint density at radius 1 is 1.00 bits per heavy atom. The predicted octanol–water partition coefficient (Wildman–Crippen LogP) is 0.854. The molecule has 4 amide bonds. The van der Waals surface area contributed by atoms with Gasteiger partial charge < -0.3 is 19.3 Å². The number of thiazole rings is 1. The number of urea groups is 2. The van der Waals surface area contributed by atoms with Gasteiger partial charge in [-0.15, -0.1) is 11.3 Å². The van der Waals surface area contributed by atoms with Gasteiger partial charge in [0.2, 0.25) is 5.13 Å². The molecule has 1 aromatic heterocycles. The topological polar surface area (TPSA) is 75.2 Å². The molecule has 0 radical (unpaired) electrons. The molecule has 9 heteroatoms. The lowest BCUT2D eigenvalue weighted by molar-refractivity contribution is 0.0498. The molecule has 2 saturated heterocycles. The maximum atomic E-state index is 12.8. The van der Waals surface area contributed by atoms with E-state index in [9.17, 15) is 9.59 Å². The molecule has 22 heavy (non-hydrogen) atoms. The molecule has 0 bridgehead atoms. The molecule has 0 aliphatic carbocycles. The molecule has 120 valence electrons. The minimum absolute atomic E-state index is 0.338. The van der Waals surface area contributed by atoms with E-state index in [2.05, 4.69) is 4.98 Å². The van der Waals surface area contributed by atoms with Crippen molar-refractivity contribution in [2.45, 2.75) is 0 Å². The van der Waals surface area contributed by atoms with E-state index >= 15 is 0 Å². The van der Waals surface area contributed by atoms with Crippen molar-refractivity contribution in [1.82, 2.24) is 14.8 Å². The molecule has 0 atom stereocenters. The molecule has 2 fully saturated rings. The second-order valence-corrected chi connectivity index (χ2v) is 5.79. The first-order chi connectivity index (χ1) is 10.8. The number of amides is 4. The van der Waals surface area contributed by atoms with Crippen molar-refractivity contribution >= 4 is 28.5 Å². The molecule has 0 unspecified atom stereocenters. The maximum Gasteiger partial charge on any atom is 0.334 e. The van der Waals surface area contributed by atoms with Crippen LogP contribution in [0, 0.1) is 0 Å². The molecule has 0 N–H and O–H groups in total. The van der Waals surface area contributed by atoms with Crippen molar-refractivity contribution < 1.29 is 19.1 Å². The van der Waals surface area contributed by atoms with E-state index < -0.39 is 0 Å². The van der Waals surface area contributed by atoms with Gasteiger partial charge in [-0.2, -0.15) is 4.90 Å². The highest BCUT2D eigenvalue weighted by Gasteiger charge is 2.34. The zero-order valence-electron chi connectivity index (χ0n) is 12.1. The summed E-state index contributed by atoms with van der Waals surface area (Å²) in [4.78, 5) is 34.1. The molecule has 3 rings (SSSR count). The number of ether oxygens (including phenoxy) is 2. The summed E-state index contributed by atoms with van der Waals surface area (Å²) in [5.74, 6) is 0. The van der Waals surface area contributed by atoms with Crippen LogP contribution in [0.3, 0.4) is 0 Å². The highest BCUT2D eigenvalue weighted by Crippen LogP contribution is 2.21. The Morgan fingerprint density at radius 3 is 1.91 bits per heavy atom. The van der Waals surface area contributed by atoms with Crippen LogP contribution in [-0.2, 0) is 9.47 Å². The second-order valence-electron chi connectivity index (χ2n) is 4.91. The van der Waals surface area contributed by atoms with E-state index in [1.54, 1.807) is 21.4 Å². The van der Waals surface area contributed by atoms with Gasteiger partial charge in [0, 0.05) is 37.8 Å². The minimum atomic E-state index is -0.338. The molecule has 3 heterocycles. The zero-order valence-corrected chi connectivity index (χ0v) is 13.0. The van der Waals surface area contributed by atoms with E-state index in [0.717, 1.165) is 0 Å². The third-order valence-corrected chi connectivity index (χ3v) is 4.31. The number of nitrogens with zero attached hydrogens (tertiary/aromatic N) is 4. The molecular weight excluding hydrogens is 308 g/mol. The summed E-state index contributed by atoms with van der Waals surface area (Å²) >= 11 is 1.27. The SMILES string of the molecule is O=C(N1CCOCC1)N(C(=O)N1CCOCC1)c1nccs1. The molecule has 1 aromatic rings. The van der Waals surface area contributed by atoms with E-state index in [1.807, 2.05) is 0 Å². The molecule has 0 spiro atoms. The van der Waals surface area contributed by atoms with Crippen molar-refractivity contribution in [3.8, 4) is 0 Å². The summed E-state index contributed by atoms with van der Waals surface area (Å²) in [6, 6.07) is -0.676. The standard InChI is InChI=1S/C13H18N4O4S/c18-12(15-2-6-20-7-3-15)17(11-14-1-10-22-11)13(19)16-4-8-21-9-5-16/h1,10H,2-9H2. The smallest absolute Gasteiger partial charge is 0.334 e. The summed E-state index contributed by atoms with van der Waals surface area (Å²) in [5, 5.41) is 2.15. The number of rotatable bonds is 1. The number of carbonyl (C=O) groups excluding carboxylic acids is 2. The van der Waals surface area contributed by atoms with Gasteiger partial charge in [-0.05, 0) is 0 Å². The maximum absolute atomic E-state index is 12.8. The summed E-state index contributed by atoms with van der Waals surface area (Å²) in [7, 11) is 0. The first-order valence-electron chi connectivity index (χ1n) is 7.20. The number of morpholine rings is 2. The van der Waals surface area contributed by atoms with E-state index in [4.69, 9.17) is 9.47 Å². The normalized spacial score (nSPS) is 19.1. The third-order valence-electron chi connectivity index (χ3n) is 3.56. The Labute approximate surface area is 132 Å². The van der Waals surface area contributed by atoms with Gasteiger partial charge in [-0.1, -0.05) is 0 Å². The second kappa shape index (κ2) is 7.03. The molecule has 0 saturated carbocycles. The van der Waals surface area contributed by atoms with Gasteiger partial charge in [0.15, 0.2) is 0 Å². The first kappa shape index (κ1) is 15.2. The quantitative estimate of drug-likeness (QED) is 0.765. The molecule has 8 nitrogen and oxygen atoms in total. The van der Waals surface area contributed by atoms with Crippen LogP contribution >= 0.6 is 11.3 Å². The van der Waals surface area contributed by atoms with Gasteiger partial charge in [0.25, 0.3) is 0 Å². The van der Waals surface area contributed by atoms with Crippen LogP contribution in [-0.4, -0.2) is 79.5 Å². The molecule has 2 aliphatic heterocycles. The van der Waals surface area contributed by atoms with Crippen LogP contribution in [0.2, 0.25) is 0 Å². The van der Waals surface area contributed by atoms with Gasteiger partial charge in [0.1, 0.15) is 0 Å². The van der Waals surface area contributed by atoms with Crippen molar-refractivity contribution in [3.05, 3.63) is 11.6 Å². The number of carbonyl (C=O) groups is 2. The summed E-state index contributed by atoms with van der Waals surface area (Å²) in [6.45, 7) is 3.89. The number of anilines is 1. The fourth-order valence-corrected chi connectivity index (χ4v) is 2.99. The molecule has 0 aromatic carbocycles. The molecular formula is C13H18N4O4S. The summed E-state index contributed by atoms with van der Waals surface area (Å²) < 4.78 is 10.5. The van der Waals surface area contributed by atoms with Crippen LogP contribution in [0.1, 0.15) is 0 Å². The minimum Gasteiger partial charge on any atom is -0.378 e. The van der Waals surface area contributed by atoms with Crippen molar-refractivity contribution in [1.29, 1.82) is 0 Å². The Bertz CT molecular complexity index is 482. The number of imide groups is 1. The number of hydrogen-bond donors (Lipinski definition) is 0. The van der Waals surface area contributed by atoms with Crippen LogP contribution in [0.15, 0.2) is 11.6 Å². The van der Waals surface area contributed by atoms with Crippen LogP contribution in [0.4, 0.5) is 14.7 Å². The van der Waals surface area contributed by atoms with Gasteiger partial charge in [-0.3, -0.25) is 0 Å². The van der Waals surface area contributed by atoms with Crippen LogP contribution in [0.5, 0.6) is 0 Å². The fraction of sp³-hybridized carbons (Fsp3) is 0.615. The summed E-state index contributed by atoms with van der Waals surface area (Å²) in [6.07, 6.45) is 1.59. The highest BCUT2D eigenvalue weighted by atomic mass is 32.1. The third kappa shape index (κ3) is 3.21. The lowest BCUT2D eigenvalue weighted by atomic mass is 10.4.